The number of benzene rings is 3. The van der Waals surface area contributed by atoms with Gasteiger partial charge in [0.1, 0.15) is 5.92 Å². The van der Waals surface area contributed by atoms with E-state index in [1.54, 1.807) is 11.1 Å². The van der Waals surface area contributed by atoms with Gasteiger partial charge in [-0.1, -0.05) is 54.6 Å². The van der Waals surface area contributed by atoms with Gasteiger partial charge in [-0.3, -0.25) is 19.3 Å². The summed E-state index contributed by atoms with van der Waals surface area (Å²) in [5.41, 5.74) is 2.10. The lowest BCUT2D eigenvalue weighted by Gasteiger charge is -2.28. The van der Waals surface area contributed by atoms with Gasteiger partial charge in [0, 0.05) is 0 Å². The molecule has 0 aliphatic carbocycles. The van der Waals surface area contributed by atoms with Crippen molar-refractivity contribution in [3.8, 4) is 11.5 Å². The van der Waals surface area contributed by atoms with Crippen molar-refractivity contribution in [2.45, 2.75) is 18.7 Å². The molecule has 2 heterocycles. The zero-order valence-corrected chi connectivity index (χ0v) is 16.5. The van der Waals surface area contributed by atoms with E-state index in [-0.39, 0.29) is 29.9 Å². The average molecular weight is 416 g/mol. The summed E-state index contributed by atoms with van der Waals surface area (Å²) in [5, 5.41) is 21.3. The van der Waals surface area contributed by atoms with E-state index in [4.69, 9.17) is 4.84 Å². The highest BCUT2D eigenvalue weighted by Gasteiger charge is 2.59. The number of imide groups is 1. The maximum absolute atomic E-state index is 13.4. The van der Waals surface area contributed by atoms with Crippen LogP contribution in [0.15, 0.2) is 78.9 Å². The third-order valence-corrected chi connectivity index (χ3v) is 5.74. The van der Waals surface area contributed by atoms with Gasteiger partial charge in [-0.25, -0.2) is 5.06 Å². The standard InChI is InChI=1S/C24H20N2O5/c27-18-12-11-16(13-19(18)28)21-20-22(31-26(21)17-9-5-2-6-10-17)24(30)25(23(20)29)14-15-7-3-1-4-8-15/h1-13,20-22,27-28H,14H2/t20-,21-,22-/m1/s1. The van der Waals surface area contributed by atoms with E-state index in [0.29, 0.717) is 11.3 Å². The van der Waals surface area contributed by atoms with E-state index in [0.717, 1.165) is 5.56 Å². The number of phenols is 2. The fourth-order valence-corrected chi connectivity index (χ4v) is 4.26. The molecule has 2 aliphatic rings. The minimum atomic E-state index is -0.961. The number of carbonyl (C=O) groups is 2. The van der Waals surface area contributed by atoms with Gasteiger partial charge in [0.25, 0.3) is 5.91 Å². The molecule has 156 valence electrons. The Morgan fingerprint density at radius 1 is 0.806 bits per heavy atom. The van der Waals surface area contributed by atoms with Crippen molar-refractivity contribution in [2.24, 2.45) is 5.92 Å². The van der Waals surface area contributed by atoms with Crippen LogP contribution >= 0.6 is 0 Å². The molecule has 2 N–H and O–H groups in total. The third-order valence-electron chi connectivity index (χ3n) is 5.74. The topological polar surface area (TPSA) is 90.3 Å². The summed E-state index contributed by atoms with van der Waals surface area (Å²) in [6, 6.07) is 22.2. The van der Waals surface area contributed by atoms with Gasteiger partial charge >= 0.3 is 0 Å². The molecule has 0 spiro atoms. The first-order chi connectivity index (χ1) is 15.0. The minimum Gasteiger partial charge on any atom is -0.504 e. The number of hydrogen-bond donors (Lipinski definition) is 2. The van der Waals surface area contributed by atoms with Crippen LogP contribution < -0.4 is 5.06 Å². The molecule has 0 radical (unpaired) electrons. The molecule has 5 rings (SSSR count). The van der Waals surface area contributed by atoms with Crippen LogP contribution in [-0.2, 0) is 21.0 Å². The molecular weight excluding hydrogens is 396 g/mol. The monoisotopic (exact) mass is 416 g/mol. The lowest BCUT2D eigenvalue weighted by Crippen LogP contribution is -2.36. The zero-order valence-electron chi connectivity index (χ0n) is 16.5. The first-order valence-electron chi connectivity index (χ1n) is 9.96. The molecule has 3 atom stereocenters. The molecule has 2 amide bonds. The number of hydroxylamine groups is 1. The van der Waals surface area contributed by atoms with Crippen molar-refractivity contribution < 1.29 is 24.6 Å². The molecule has 0 unspecified atom stereocenters. The maximum Gasteiger partial charge on any atom is 0.262 e. The largest absolute Gasteiger partial charge is 0.504 e. The Bertz CT molecular complexity index is 1140. The van der Waals surface area contributed by atoms with Crippen molar-refractivity contribution in [1.82, 2.24) is 4.90 Å². The van der Waals surface area contributed by atoms with Crippen LogP contribution in [0.25, 0.3) is 0 Å². The number of rotatable bonds is 4. The SMILES string of the molecule is O=C1[C@@H]2[C@@H](c3ccc(O)c(O)c3)N(c3ccccc3)O[C@H]2C(=O)N1Cc1ccccc1. The molecule has 2 saturated heterocycles. The van der Waals surface area contributed by atoms with Gasteiger partial charge in [-0.05, 0) is 35.4 Å². The second kappa shape index (κ2) is 7.45. The number of likely N-dealkylation sites (tertiary alicyclic amines) is 1. The molecule has 7 nitrogen and oxygen atoms in total. The van der Waals surface area contributed by atoms with Crippen LogP contribution in [0, 0.1) is 5.92 Å². The van der Waals surface area contributed by atoms with E-state index >= 15 is 0 Å². The fourth-order valence-electron chi connectivity index (χ4n) is 4.26. The van der Waals surface area contributed by atoms with Gasteiger partial charge in [0.15, 0.2) is 17.6 Å². The molecule has 2 aliphatic heterocycles. The number of hydrogen-bond acceptors (Lipinski definition) is 6. The lowest BCUT2D eigenvalue weighted by molar-refractivity contribution is -0.143. The molecule has 0 aromatic heterocycles. The van der Waals surface area contributed by atoms with Crippen LogP contribution in [0.4, 0.5) is 5.69 Å². The number of para-hydroxylation sites is 1. The first-order valence-corrected chi connectivity index (χ1v) is 9.96. The first kappa shape index (κ1) is 19.1. The molecule has 31 heavy (non-hydrogen) atoms. The average Bonchev–Trinajstić information content (AvgIpc) is 3.29. The molecular formula is C24H20N2O5. The van der Waals surface area contributed by atoms with Crippen molar-refractivity contribution >= 4 is 17.5 Å². The predicted octanol–water partition coefficient (Wildman–Crippen LogP) is 3.14. The van der Waals surface area contributed by atoms with E-state index in [1.807, 2.05) is 60.7 Å². The van der Waals surface area contributed by atoms with Gasteiger partial charge in [0.2, 0.25) is 5.91 Å². The summed E-state index contributed by atoms with van der Waals surface area (Å²) in [7, 11) is 0. The van der Waals surface area contributed by atoms with E-state index in [2.05, 4.69) is 0 Å². The quantitative estimate of drug-likeness (QED) is 0.502. The Morgan fingerprint density at radius 3 is 2.16 bits per heavy atom. The Kier molecular flexibility index (Phi) is 4.60. The molecule has 0 bridgehead atoms. The summed E-state index contributed by atoms with van der Waals surface area (Å²) in [5.74, 6) is -2.04. The van der Waals surface area contributed by atoms with Gasteiger partial charge in [0.05, 0.1) is 18.3 Å². The number of anilines is 1. The normalized spacial score (nSPS) is 22.8. The number of amides is 2. The Labute approximate surface area is 178 Å². The highest BCUT2D eigenvalue weighted by Crippen LogP contribution is 2.47. The number of aromatic hydroxyl groups is 2. The van der Waals surface area contributed by atoms with E-state index in [9.17, 15) is 19.8 Å². The zero-order chi connectivity index (χ0) is 21.5. The minimum absolute atomic E-state index is 0.174. The summed E-state index contributed by atoms with van der Waals surface area (Å²) in [6.45, 7) is 0.174. The van der Waals surface area contributed by atoms with Crippen LogP contribution in [0.3, 0.4) is 0 Å². The predicted molar refractivity (Wildman–Crippen MR) is 112 cm³/mol. The van der Waals surface area contributed by atoms with Crippen LogP contribution in [0.2, 0.25) is 0 Å². The number of phenolic OH excluding ortho intramolecular Hbond substituents is 2. The lowest BCUT2D eigenvalue weighted by atomic mass is 9.90. The summed E-state index contributed by atoms with van der Waals surface area (Å²) in [6.07, 6.45) is -0.961. The van der Waals surface area contributed by atoms with Gasteiger partial charge in [-0.2, -0.15) is 0 Å². The van der Waals surface area contributed by atoms with Crippen molar-refractivity contribution in [3.05, 3.63) is 90.0 Å². The molecule has 2 fully saturated rings. The van der Waals surface area contributed by atoms with Crippen LogP contribution in [0.5, 0.6) is 11.5 Å². The van der Waals surface area contributed by atoms with Crippen LogP contribution in [-0.4, -0.2) is 33.0 Å². The van der Waals surface area contributed by atoms with Crippen molar-refractivity contribution in [1.29, 1.82) is 0 Å². The van der Waals surface area contributed by atoms with Gasteiger partial charge < -0.3 is 10.2 Å². The maximum atomic E-state index is 13.4. The second-order valence-electron chi connectivity index (χ2n) is 7.65. The van der Waals surface area contributed by atoms with Gasteiger partial charge in [-0.15, -0.1) is 0 Å². The number of nitrogens with zero attached hydrogens (tertiary/aromatic N) is 2. The second-order valence-corrected chi connectivity index (χ2v) is 7.65. The van der Waals surface area contributed by atoms with Crippen molar-refractivity contribution in [3.63, 3.8) is 0 Å². The molecule has 7 heteroatoms. The van der Waals surface area contributed by atoms with Crippen molar-refractivity contribution in [2.75, 3.05) is 5.06 Å². The number of carbonyl (C=O) groups excluding carboxylic acids is 2. The Hall–Kier alpha value is -3.84. The summed E-state index contributed by atoms with van der Waals surface area (Å²) in [4.78, 5) is 33.8. The smallest absolute Gasteiger partial charge is 0.262 e. The fraction of sp³-hybridized carbons (Fsp3) is 0.167. The van der Waals surface area contributed by atoms with Crippen LogP contribution in [0.1, 0.15) is 17.2 Å². The summed E-state index contributed by atoms with van der Waals surface area (Å²) >= 11 is 0. The Balaban J connectivity index is 1.54. The molecule has 3 aromatic carbocycles. The third kappa shape index (κ3) is 3.19. The molecule has 3 aromatic rings. The molecule has 0 saturated carbocycles. The van der Waals surface area contributed by atoms with E-state index in [1.165, 1.54) is 17.0 Å². The number of fused-ring (bicyclic) bond motifs is 1. The highest BCUT2D eigenvalue weighted by molar-refractivity contribution is 6.07. The highest BCUT2D eigenvalue weighted by atomic mass is 16.7. The summed E-state index contributed by atoms with van der Waals surface area (Å²) < 4.78 is 0. The Morgan fingerprint density at radius 2 is 1.48 bits per heavy atom. The van der Waals surface area contributed by atoms with E-state index < -0.39 is 18.1 Å².